The predicted octanol–water partition coefficient (Wildman–Crippen LogP) is 3.27. The molecular weight excluding hydrogens is 443 g/mol. The van der Waals surface area contributed by atoms with E-state index in [1.807, 2.05) is 6.07 Å². The zero-order chi connectivity index (χ0) is 23.1. The Bertz CT molecular complexity index is 1130. The van der Waals surface area contributed by atoms with Gasteiger partial charge >= 0.3 is 0 Å². The fraction of sp³-hybridized carbons (Fsp3) is 0.333. The van der Waals surface area contributed by atoms with E-state index in [0.717, 1.165) is 24.8 Å². The summed E-state index contributed by atoms with van der Waals surface area (Å²) in [4.78, 5) is 20.8. The van der Waals surface area contributed by atoms with Crippen LogP contribution in [0, 0.1) is 23.1 Å². The molecule has 1 aromatic heterocycles. The number of hydrogen-bond donors (Lipinski definition) is 2. The van der Waals surface area contributed by atoms with Crippen LogP contribution < -0.4 is 11.1 Å². The maximum absolute atomic E-state index is 15.0. The highest BCUT2D eigenvalue weighted by Crippen LogP contribution is 2.51. The summed E-state index contributed by atoms with van der Waals surface area (Å²) in [6.07, 6.45) is -0.195. The molecule has 3 atom stereocenters. The zero-order valence-electron chi connectivity index (χ0n) is 16.8. The van der Waals surface area contributed by atoms with Gasteiger partial charge in [0.05, 0.1) is 12.2 Å². The van der Waals surface area contributed by atoms with Crippen LogP contribution in [0.4, 0.5) is 18.9 Å². The predicted molar refractivity (Wildman–Crippen MR) is 113 cm³/mol. The van der Waals surface area contributed by atoms with Gasteiger partial charge in [-0.3, -0.25) is 4.79 Å². The lowest BCUT2D eigenvalue weighted by Crippen LogP contribution is -2.46. The van der Waals surface area contributed by atoms with Crippen LogP contribution in [0.15, 0.2) is 41.5 Å². The van der Waals surface area contributed by atoms with E-state index >= 15 is 0 Å². The molecule has 0 radical (unpaired) electrons. The highest BCUT2D eigenvalue weighted by atomic mass is 32.2. The number of aromatic nitrogens is 1. The molecule has 4 rings (SSSR count). The van der Waals surface area contributed by atoms with Crippen LogP contribution >= 0.6 is 11.8 Å². The molecule has 0 bridgehead atoms. The largest absolute Gasteiger partial charge is 0.379 e. The van der Waals surface area contributed by atoms with Gasteiger partial charge in [-0.05, 0) is 30.3 Å². The molecule has 0 saturated carbocycles. The Labute approximate surface area is 185 Å². The second kappa shape index (κ2) is 8.11. The van der Waals surface area contributed by atoms with E-state index in [0.29, 0.717) is 5.56 Å². The molecule has 2 aromatic rings. The molecule has 2 aliphatic rings. The Morgan fingerprint density at radius 2 is 2.19 bits per heavy atom. The van der Waals surface area contributed by atoms with Gasteiger partial charge in [-0.15, -0.1) is 0 Å². The quantitative estimate of drug-likeness (QED) is 0.723. The smallest absolute Gasteiger partial charge is 0.274 e. The number of ether oxygens (including phenoxy) is 1. The average Bonchev–Trinajstić information content (AvgIpc) is 3.15. The normalized spacial score (nSPS) is 24.9. The van der Waals surface area contributed by atoms with Crippen LogP contribution in [0.1, 0.15) is 28.5 Å². The Morgan fingerprint density at radius 3 is 2.84 bits per heavy atom. The number of fused-ring (bicyclic) bond motifs is 1. The maximum atomic E-state index is 15.0. The lowest BCUT2D eigenvalue weighted by Gasteiger charge is -2.37. The van der Waals surface area contributed by atoms with Gasteiger partial charge in [0.25, 0.3) is 11.8 Å². The number of nitrogens with one attached hydrogen (secondary N) is 1. The molecule has 3 N–H and O–H groups in total. The number of nitrogens with zero attached hydrogens (tertiary/aromatic N) is 3. The maximum Gasteiger partial charge on any atom is 0.274 e. The SMILES string of the molecule is CC(F)(F)C1OCC2(c3cc(NC(=O)c4ccc(C#N)cn4)ccc3F)N=C(N)SCC12. The van der Waals surface area contributed by atoms with Crippen molar-refractivity contribution in [3.63, 3.8) is 0 Å². The van der Waals surface area contributed by atoms with Crippen molar-refractivity contribution in [1.29, 1.82) is 5.26 Å². The molecule has 11 heteroatoms. The highest BCUT2D eigenvalue weighted by Gasteiger charge is 2.59. The van der Waals surface area contributed by atoms with Crippen LogP contribution in [0.25, 0.3) is 0 Å². The first kappa shape index (κ1) is 22.1. The molecule has 0 aliphatic carbocycles. The van der Waals surface area contributed by atoms with E-state index in [2.05, 4.69) is 15.3 Å². The molecular formula is C21H18F3N5O2S. The minimum Gasteiger partial charge on any atom is -0.379 e. The van der Waals surface area contributed by atoms with Gasteiger partial charge in [-0.1, -0.05) is 11.8 Å². The first-order chi connectivity index (χ1) is 15.1. The number of thioether (sulfide) groups is 1. The van der Waals surface area contributed by atoms with Crippen molar-refractivity contribution in [1.82, 2.24) is 4.98 Å². The molecule has 166 valence electrons. The fourth-order valence-electron chi connectivity index (χ4n) is 4.00. The van der Waals surface area contributed by atoms with Crippen LogP contribution in [0.2, 0.25) is 0 Å². The Morgan fingerprint density at radius 1 is 1.41 bits per heavy atom. The first-order valence-corrected chi connectivity index (χ1v) is 10.6. The second-order valence-electron chi connectivity index (χ2n) is 7.67. The van der Waals surface area contributed by atoms with E-state index in [-0.39, 0.29) is 34.5 Å². The summed E-state index contributed by atoms with van der Waals surface area (Å²) >= 11 is 1.12. The number of benzene rings is 1. The summed E-state index contributed by atoms with van der Waals surface area (Å²) in [7, 11) is 0. The molecule has 1 aromatic carbocycles. The van der Waals surface area contributed by atoms with Gasteiger partial charge in [0.2, 0.25) is 0 Å². The Kier molecular flexibility index (Phi) is 5.60. The highest BCUT2D eigenvalue weighted by molar-refractivity contribution is 8.13. The third-order valence-electron chi connectivity index (χ3n) is 5.50. The summed E-state index contributed by atoms with van der Waals surface area (Å²) < 4.78 is 48.8. The number of carbonyl (C=O) groups excluding carboxylic acids is 1. The number of rotatable bonds is 4. The van der Waals surface area contributed by atoms with Crippen molar-refractivity contribution < 1.29 is 22.7 Å². The van der Waals surface area contributed by atoms with Crippen molar-refractivity contribution in [3.8, 4) is 6.07 Å². The Hall–Kier alpha value is -3.10. The molecule has 3 unspecified atom stereocenters. The summed E-state index contributed by atoms with van der Waals surface area (Å²) in [6.45, 7) is 0.496. The number of carbonyl (C=O) groups is 1. The van der Waals surface area contributed by atoms with Crippen LogP contribution in [0.3, 0.4) is 0 Å². The number of aliphatic imine (C=N–C) groups is 1. The van der Waals surface area contributed by atoms with Crippen molar-refractivity contribution >= 4 is 28.5 Å². The van der Waals surface area contributed by atoms with Crippen LogP contribution in [0.5, 0.6) is 0 Å². The summed E-state index contributed by atoms with van der Waals surface area (Å²) in [6, 6.07) is 8.57. The summed E-state index contributed by atoms with van der Waals surface area (Å²) in [5, 5.41) is 11.6. The number of amides is 1. The van der Waals surface area contributed by atoms with Crippen molar-refractivity contribution in [2.24, 2.45) is 16.6 Å². The number of anilines is 1. The number of amidine groups is 1. The Balaban J connectivity index is 1.69. The minimum atomic E-state index is -3.15. The molecule has 32 heavy (non-hydrogen) atoms. The van der Waals surface area contributed by atoms with E-state index in [1.165, 1.54) is 30.5 Å². The van der Waals surface area contributed by atoms with E-state index < -0.39 is 35.2 Å². The van der Waals surface area contributed by atoms with Gasteiger partial charge in [-0.25, -0.2) is 23.1 Å². The molecule has 2 aliphatic heterocycles. The number of hydrogen-bond acceptors (Lipinski definition) is 7. The first-order valence-electron chi connectivity index (χ1n) is 9.59. The third kappa shape index (κ3) is 3.91. The van der Waals surface area contributed by atoms with Gasteiger partial charge in [-0.2, -0.15) is 5.26 Å². The summed E-state index contributed by atoms with van der Waals surface area (Å²) in [5.41, 5.74) is 5.04. The van der Waals surface area contributed by atoms with Crippen LogP contribution in [-0.4, -0.2) is 40.4 Å². The molecule has 1 saturated heterocycles. The van der Waals surface area contributed by atoms with Crippen LogP contribution in [-0.2, 0) is 10.3 Å². The second-order valence-corrected chi connectivity index (χ2v) is 8.71. The molecule has 3 heterocycles. The molecule has 0 spiro atoms. The number of halogens is 3. The minimum absolute atomic E-state index is 0.0167. The number of nitriles is 1. The summed E-state index contributed by atoms with van der Waals surface area (Å²) in [5.74, 6) is -5.03. The van der Waals surface area contributed by atoms with Gasteiger partial charge < -0.3 is 15.8 Å². The van der Waals surface area contributed by atoms with Gasteiger partial charge in [0.15, 0.2) is 5.17 Å². The molecule has 7 nitrogen and oxygen atoms in total. The van der Waals surface area contributed by atoms with Gasteiger partial charge in [0.1, 0.15) is 29.2 Å². The standard InChI is InChI=1S/C21H18F3N5O2S/c1-20(23,24)17-14-9-32-19(26)29-21(14,10-31-17)13-6-12(3-4-15(13)22)28-18(30)16-5-2-11(7-25)8-27-16/h2-6,8,14,17H,9-10H2,1H3,(H2,26,29)(H,28,30). The monoisotopic (exact) mass is 461 g/mol. The number of nitrogens with two attached hydrogens (primary N) is 1. The topological polar surface area (TPSA) is 113 Å². The number of alkyl halides is 2. The number of pyridine rings is 1. The fourth-order valence-corrected chi connectivity index (χ4v) is 5.02. The van der Waals surface area contributed by atoms with Crippen molar-refractivity contribution in [2.75, 3.05) is 17.7 Å². The van der Waals surface area contributed by atoms with Gasteiger partial charge in [0, 0.05) is 36.0 Å². The average molecular weight is 461 g/mol. The van der Waals surface area contributed by atoms with Crippen molar-refractivity contribution in [2.45, 2.75) is 24.5 Å². The van der Waals surface area contributed by atoms with E-state index in [9.17, 15) is 18.0 Å². The van der Waals surface area contributed by atoms with E-state index in [4.69, 9.17) is 15.7 Å². The lowest BCUT2D eigenvalue weighted by atomic mass is 9.77. The molecule has 1 amide bonds. The van der Waals surface area contributed by atoms with Crippen molar-refractivity contribution in [3.05, 3.63) is 59.2 Å². The van der Waals surface area contributed by atoms with E-state index in [1.54, 1.807) is 0 Å². The zero-order valence-corrected chi connectivity index (χ0v) is 17.6. The third-order valence-corrected chi connectivity index (χ3v) is 6.41. The lowest BCUT2D eigenvalue weighted by molar-refractivity contribution is -0.113. The molecule has 1 fully saturated rings.